The van der Waals surface area contributed by atoms with Gasteiger partial charge in [-0.1, -0.05) is 29.3 Å². The number of benzene rings is 2. The molecular formula is C16H11Cl2N2O4S-. The highest BCUT2D eigenvalue weighted by molar-refractivity contribution is 7.80. The van der Waals surface area contributed by atoms with Gasteiger partial charge in [0.05, 0.1) is 16.7 Å². The predicted molar refractivity (Wildman–Crippen MR) is 97.1 cm³/mol. The molecule has 0 aromatic heterocycles. The lowest BCUT2D eigenvalue weighted by atomic mass is 10.2. The van der Waals surface area contributed by atoms with Crippen molar-refractivity contribution >= 4 is 58.1 Å². The summed E-state index contributed by atoms with van der Waals surface area (Å²) < 4.78 is 5.28. The maximum atomic E-state index is 11.8. The highest BCUT2D eigenvalue weighted by atomic mass is 35.5. The minimum atomic E-state index is -1.36. The van der Waals surface area contributed by atoms with Crippen LogP contribution < -0.4 is 20.5 Å². The number of hydrogen-bond donors (Lipinski definition) is 2. The molecule has 0 saturated carbocycles. The van der Waals surface area contributed by atoms with E-state index in [0.717, 1.165) is 0 Å². The molecule has 6 nitrogen and oxygen atoms in total. The molecular weight excluding hydrogens is 387 g/mol. The topological polar surface area (TPSA) is 90.5 Å². The quantitative estimate of drug-likeness (QED) is 0.751. The third-order valence-corrected chi connectivity index (χ3v) is 3.67. The van der Waals surface area contributed by atoms with Crippen LogP contribution in [0.5, 0.6) is 5.75 Å². The van der Waals surface area contributed by atoms with Crippen molar-refractivity contribution in [1.29, 1.82) is 0 Å². The molecule has 0 aliphatic heterocycles. The van der Waals surface area contributed by atoms with Crippen LogP contribution in [0.2, 0.25) is 10.0 Å². The fourth-order valence-electron chi connectivity index (χ4n) is 1.74. The van der Waals surface area contributed by atoms with E-state index in [1.54, 1.807) is 24.3 Å². The van der Waals surface area contributed by atoms with E-state index >= 15 is 0 Å². The molecule has 2 rings (SSSR count). The number of rotatable bonds is 5. The van der Waals surface area contributed by atoms with E-state index in [-0.39, 0.29) is 28.0 Å². The summed E-state index contributed by atoms with van der Waals surface area (Å²) >= 11 is 16.7. The molecule has 2 aromatic carbocycles. The number of carbonyl (C=O) groups is 2. The summed E-state index contributed by atoms with van der Waals surface area (Å²) in [6.07, 6.45) is 0. The van der Waals surface area contributed by atoms with Crippen LogP contribution in [0, 0.1) is 0 Å². The van der Waals surface area contributed by atoms with Crippen molar-refractivity contribution in [2.45, 2.75) is 0 Å². The van der Waals surface area contributed by atoms with Crippen LogP contribution in [-0.2, 0) is 4.79 Å². The number of carboxylic acids is 1. The van der Waals surface area contributed by atoms with Gasteiger partial charge in [-0.3, -0.25) is 10.1 Å². The Kier molecular flexibility index (Phi) is 6.58. The standard InChI is InChI=1S/C16H12Cl2N2O4S/c17-10-2-4-11(5-3-10)24-8-14(21)20-16(25)19-13-7-9(15(22)23)1-6-12(13)18/h1-7H,8H2,(H,22,23)(H2,19,20,21,25)/p-1. The van der Waals surface area contributed by atoms with Gasteiger partial charge < -0.3 is 20.0 Å². The smallest absolute Gasteiger partial charge is 0.264 e. The third kappa shape index (κ3) is 5.90. The number of thiocarbonyl (C=S) groups is 1. The lowest BCUT2D eigenvalue weighted by Gasteiger charge is -2.13. The molecule has 2 aromatic rings. The van der Waals surface area contributed by atoms with Gasteiger partial charge in [-0.2, -0.15) is 0 Å². The van der Waals surface area contributed by atoms with Crippen molar-refractivity contribution in [2.24, 2.45) is 0 Å². The van der Waals surface area contributed by atoms with Crippen LogP contribution in [0.25, 0.3) is 0 Å². The van der Waals surface area contributed by atoms with Gasteiger partial charge in [0.2, 0.25) is 0 Å². The first-order valence-electron chi connectivity index (χ1n) is 6.85. The first kappa shape index (κ1) is 19.0. The monoisotopic (exact) mass is 397 g/mol. The molecule has 0 spiro atoms. The maximum absolute atomic E-state index is 11.8. The van der Waals surface area contributed by atoms with Gasteiger partial charge >= 0.3 is 0 Å². The molecule has 9 heteroatoms. The summed E-state index contributed by atoms with van der Waals surface area (Å²) in [7, 11) is 0. The van der Waals surface area contributed by atoms with Crippen LogP contribution in [0.4, 0.5) is 5.69 Å². The Morgan fingerprint density at radius 1 is 1.12 bits per heavy atom. The van der Waals surface area contributed by atoms with Crippen molar-refractivity contribution in [3.63, 3.8) is 0 Å². The minimum absolute atomic E-state index is 0.0536. The molecule has 130 valence electrons. The van der Waals surface area contributed by atoms with Crippen LogP contribution in [0.15, 0.2) is 42.5 Å². The Morgan fingerprint density at radius 2 is 1.80 bits per heavy atom. The molecule has 2 N–H and O–H groups in total. The van der Waals surface area contributed by atoms with E-state index in [2.05, 4.69) is 10.6 Å². The first-order valence-corrected chi connectivity index (χ1v) is 8.01. The van der Waals surface area contributed by atoms with Crippen molar-refractivity contribution in [3.05, 3.63) is 58.1 Å². The normalized spacial score (nSPS) is 10.0. The van der Waals surface area contributed by atoms with Crippen molar-refractivity contribution in [1.82, 2.24) is 5.32 Å². The molecule has 0 unspecified atom stereocenters. The number of ether oxygens (including phenoxy) is 1. The Hall–Kier alpha value is -2.35. The summed E-state index contributed by atoms with van der Waals surface area (Å²) in [4.78, 5) is 22.7. The minimum Gasteiger partial charge on any atom is -0.545 e. The second kappa shape index (κ2) is 8.66. The molecule has 25 heavy (non-hydrogen) atoms. The molecule has 0 fully saturated rings. The number of halogens is 2. The van der Waals surface area contributed by atoms with E-state index in [4.69, 9.17) is 40.2 Å². The van der Waals surface area contributed by atoms with E-state index in [1.165, 1.54) is 18.2 Å². The zero-order valence-corrected chi connectivity index (χ0v) is 14.9. The number of carboxylic acid groups (broad SMARTS) is 1. The zero-order valence-electron chi connectivity index (χ0n) is 12.5. The van der Waals surface area contributed by atoms with Gasteiger partial charge in [0.1, 0.15) is 5.75 Å². The van der Waals surface area contributed by atoms with Crippen LogP contribution in [0.1, 0.15) is 10.4 Å². The first-order chi connectivity index (χ1) is 11.8. The second-order valence-corrected chi connectivity index (χ2v) is 5.98. The van der Waals surface area contributed by atoms with Crippen molar-refractivity contribution < 1.29 is 19.4 Å². The number of amides is 1. The summed E-state index contributed by atoms with van der Waals surface area (Å²) in [6.45, 7) is -0.268. The van der Waals surface area contributed by atoms with E-state index in [0.29, 0.717) is 10.8 Å². The maximum Gasteiger partial charge on any atom is 0.264 e. The number of hydrogen-bond acceptors (Lipinski definition) is 5. The summed E-state index contributed by atoms with van der Waals surface area (Å²) in [5.41, 5.74) is 0.152. The number of carbonyl (C=O) groups excluding carboxylic acids is 2. The predicted octanol–water partition coefficient (Wildman–Crippen LogP) is 2.25. The molecule has 0 saturated heterocycles. The van der Waals surface area contributed by atoms with Gasteiger partial charge in [-0.05, 0) is 54.2 Å². The Balaban J connectivity index is 1.89. The fraction of sp³-hybridized carbons (Fsp3) is 0.0625. The van der Waals surface area contributed by atoms with Gasteiger partial charge in [-0.25, -0.2) is 0 Å². The zero-order chi connectivity index (χ0) is 18.4. The fourth-order valence-corrected chi connectivity index (χ4v) is 2.26. The van der Waals surface area contributed by atoms with E-state index in [1.807, 2.05) is 0 Å². The third-order valence-electron chi connectivity index (χ3n) is 2.89. The lowest BCUT2D eigenvalue weighted by molar-refractivity contribution is -0.255. The average Bonchev–Trinajstić information content (AvgIpc) is 2.56. The number of anilines is 1. The van der Waals surface area contributed by atoms with Gasteiger partial charge in [0.15, 0.2) is 11.7 Å². The largest absolute Gasteiger partial charge is 0.545 e. The molecule has 0 aliphatic rings. The highest BCUT2D eigenvalue weighted by Crippen LogP contribution is 2.22. The highest BCUT2D eigenvalue weighted by Gasteiger charge is 2.09. The lowest BCUT2D eigenvalue weighted by Crippen LogP contribution is -2.37. The number of aromatic carboxylic acids is 1. The molecule has 0 atom stereocenters. The van der Waals surface area contributed by atoms with E-state index < -0.39 is 11.9 Å². The van der Waals surface area contributed by atoms with Gasteiger partial charge in [0, 0.05) is 5.02 Å². The molecule has 0 radical (unpaired) electrons. The Labute approximate surface area is 158 Å². The van der Waals surface area contributed by atoms with Crippen molar-refractivity contribution in [3.8, 4) is 5.75 Å². The van der Waals surface area contributed by atoms with Gasteiger partial charge in [-0.15, -0.1) is 0 Å². The summed E-state index contributed by atoms with van der Waals surface area (Å²) in [5, 5.41) is 16.6. The molecule has 0 heterocycles. The Bertz CT molecular complexity index is 812. The van der Waals surface area contributed by atoms with Crippen LogP contribution in [-0.4, -0.2) is 23.6 Å². The Morgan fingerprint density at radius 3 is 2.44 bits per heavy atom. The second-order valence-electron chi connectivity index (χ2n) is 4.73. The molecule has 0 bridgehead atoms. The van der Waals surface area contributed by atoms with E-state index in [9.17, 15) is 14.7 Å². The molecule has 0 aliphatic carbocycles. The van der Waals surface area contributed by atoms with Crippen molar-refractivity contribution in [2.75, 3.05) is 11.9 Å². The average molecular weight is 398 g/mol. The summed E-state index contributed by atoms with van der Waals surface area (Å²) in [6, 6.07) is 10.4. The van der Waals surface area contributed by atoms with Crippen LogP contribution in [0.3, 0.4) is 0 Å². The molecule has 1 amide bonds. The van der Waals surface area contributed by atoms with Crippen LogP contribution >= 0.6 is 35.4 Å². The van der Waals surface area contributed by atoms with Gasteiger partial charge in [0.25, 0.3) is 5.91 Å². The summed E-state index contributed by atoms with van der Waals surface area (Å²) in [5.74, 6) is -1.38. The SMILES string of the molecule is O=C(COc1ccc(Cl)cc1)NC(=S)Nc1cc(C(=O)[O-])ccc1Cl. The number of nitrogens with one attached hydrogen (secondary N) is 2.